The van der Waals surface area contributed by atoms with Crippen LogP contribution in [0.25, 0.3) is 0 Å². The molecule has 1 heterocycles. The molecule has 0 aromatic heterocycles. The lowest BCUT2D eigenvalue weighted by Crippen LogP contribution is -2.39. The highest BCUT2D eigenvalue weighted by molar-refractivity contribution is 4.85. The first kappa shape index (κ1) is 9.92. The first-order chi connectivity index (χ1) is 5.65. The quantitative estimate of drug-likeness (QED) is 0.602. The maximum Gasteiger partial charge on any atom is 0.104 e. The van der Waals surface area contributed by atoms with Crippen LogP contribution in [0.1, 0.15) is 13.3 Å². The Hall–Kier alpha value is -0.160. The standard InChI is InChI=1S/C8H17NO3/c1-6(10)9-4-8(11)3-7(9)5-12-2/h6-8,10-11H,3-5H2,1-2H3/t6-,7+,8-/m1/s1. The van der Waals surface area contributed by atoms with Crippen molar-refractivity contribution in [3.05, 3.63) is 0 Å². The molecule has 4 heteroatoms. The largest absolute Gasteiger partial charge is 0.392 e. The Balaban J connectivity index is 2.47. The molecule has 2 N–H and O–H groups in total. The summed E-state index contributed by atoms with van der Waals surface area (Å²) in [6.07, 6.45) is -0.124. The summed E-state index contributed by atoms with van der Waals surface area (Å²) in [6, 6.07) is 0.157. The highest BCUT2D eigenvalue weighted by atomic mass is 16.5. The molecule has 1 rings (SSSR count). The normalized spacial score (nSPS) is 34.0. The first-order valence-electron chi connectivity index (χ1n) is 4.26. The van der Waals surface area contributed by atoms with Crippen LogP contribution >= 0.6 is 0 Å². The average Bonchev–Trinajstić information content (AvgIpc) is 2.32. The molecule has 0 aliphatic carbocycles. The lowest BCUT2D eigenvalue weighted by atomic mass is 10.2. The molecule has 1 aliphatic heterocycles. The van der Waals surface area contributed by atoms with E-state index in [0.717, 1.165) is 0 Å². The van der Waals surface area contributed by atoms with Crippen LogP contribution in [0.15, 0.2) is 0 Å². The number of hydrogen-bond acceptors (Lipinski definition) is 4. The Morgan fingerprint density at radius 1 is 1.67 bits per heavy atom. The monoisotopic (exact) mass is 175 g/mol. The molecule has 1 saturated heterocycles. The molecule has 0 amide bonds. The minimum absolute atomic E-state index is 0.157. The fourth-order valence-electron chi connectivity index (χ4n) is 1.73. The molecule has 0 aromatic carbocycles. The van der Waals surface area contributed by atoms with Crippen LogP contribution in [-0.2, 0) is 4.74 Å². The third kappa shape index (κ3) is 2.17. The Kier molecular flexibility index (Phi) is 3.46. The molecule has 0 bridgehead atoms. The van der Waals surface area contributed by atoms with Gasteiger partial charge >= 0.3 is 0 Å². The Labute approximate surface area is 72.7 Å². The molecule has 0 radical (unpaired) electrons. The molecule has 4 nitrogen and oxygen atoms in total. The van der Waals surface area contributed by atoms with Crippen molar-refractivity contribution in [1.29, 1.82) is 0 Å². The average molecular weight is 175 g/mol. The van der Waals surface area contributed by atoms with Crippen LogP contribution in [0.4, 0.5) is 0 Å². The summed E-state index contributed by atoms with van der Waals surface area (Å²) >= 11 is 0. The number of nitrogens with zero attached hydrogens (tertiary/aromatic N) is 1. The summed E-state index contributed by atoms with van der Waals surface area (Å²) in [5.41, 5.74) is 0. The molecular formula is C8H17NO3. The summed E-state index contributed by atoms with van der Waals surface area (Å²) in [5, 5.41) is 18.7. The van der Waals surface area contributed by atoms with Crippen molar-refractivity contribution >= 4 is 0 Å². The third-order valence-electron chi connectivity index (χ3n) is 2.27. The predicted octanol–water partition coefficient (Wildman–Crippen LogP) is -0.594. The molecule has 1 fully saturated rings. The summed E-state index contributed by atoms with van der Waals surface area (Å²) in [7, 11) is 1.63. The number of aliphatic hydroxyl groups is 2. The van der Waals surface area contributed by atoms with Gasteiger partial charge in [-0.25, -0.2) is 0 Å². The second kappa shape index (κ2) is 4.18. The van der Waals surface area contributed by atoms with Crippen molar-refractivity contribution in [2.75, 3.05) is 20.3 Å². The minimum atomic E-state index is -0.498. The van der Waals surface area contributed by atoms with Gasteiger partial charge < -0.3 is 14.9 Å². The van der Waals surface area contributed by atoms with Crippen molar-refractivity contribution in [2.45, 2.75) is 31.7 Å². The summed E-state index contributed by atoms with van der Waals surface area (Å²) < 4.78 is 4.99. The molecule has 0 aromatic rings. The van der Waals surface area contributed by atoms with Gasteiger partial charge in [0.25, 0.3) is 0 Å². The SMILES string of the molecule is COC[C@@H]1C[C@@H](O)CN1[C@@H](C)O. The zero-order valence-electron chi connectivity index (χ0n) is 7.60. The van der Waals surface area contributed by atoms with Gasteiger partial charge in [-0.05, 0) is 13.3 Å². The van der Waals surface area contributed by atoms with E-state index in [1.54, 1.807) is 14.0 Å². The summed E-state index contributed by atoms with van der Waals surface area (Å²) in [4.78, 5) is 1.86. The lowest BCUT2D eigenvalue weighted by molar-refractivity contribution is -0.0143. The van der Waals surface area contributed by atoms with Gasteiger partial charge in [0.05, 0.1) is 12.7 Å². The van der Waals surface area contributed by atoms with Crippen LogP contribution in [0.5, 0.6) is 0 Å². The van der Waals surface area contributed by atoms with E-state index in [-0.39, 0.29) is 12.1 Å². The van der Waals surface area contributed by atoms with Crippen LogP contribution in [0.2, 0.25) is 0 Å². The Morgan fingerprint density at radius 3 is 2.83 bits per heavy atom. The van der Waals surface area contributed by atoms with E-state index in [0.29, 0.717) is 19.6 Å². The van der Waals surface area contributed by atoms with Gasteiger partial charge in [0.2, 0.25) is 0 Å². The number of ether oxygens (including phenoxy) is 1. The number of β-amino-alcohol motifs (C(OH)–C–C–N with tert-alkyl or cyclic N) is 1. The molecule has 72 valence electrons. The number of aliphatic hydroxyl groups excluding tert-OH is 2. The van der Waals surface area contributed by atoms with Crippen molar-refractivity contribution < 1.29 is 14.9 Å². The smallest absolute Gasteiger partial charge is 0.104 e. The van der Waals surface area contributed by atoms with Crippen LogP contribution in [0, 0.1) is 0 Å². The van der Waals surface area contributed by atoms with Crippen molar-refractivity contribution in [3.8, 4) is 0 Å². The fourth-order valence-corrected chi connectivity index (χ4v) is 1.73. The zero-order valence-corrected chi connectivity index (χ0v) is 7.60. The molecular weight excluding hydrogens is 158 g/mol. The van der Waals surface area contributed by atoms with Crippen LogP contribution in [-0.4, -0.2) is 53.7 Å². The third-order valence-corrected chi connectivity index (χ3v) is 2.27. The highest BCUT2D eigenvalue weighted by Gasteiger charge is 2.32. The van der Waals surface area contributed by atoms with E-state index in [1.165, 1.54) is 0 Å². The Bertz CT molecular complexity index is 140. The van der Waals surface area contributed by atoms with E-state index in [9.17, 15) is 10.2 Å². The lowest BCUT2D eigenvalue weighted by Gasteiger charge is -2.25. The molecule has 0 saturated carbocycles. The molecule has 0 unspecified atom stereocenters. The van der Waals surface area contributed by atoms with Gasteiger partial charge in [0.1, 0.15) is 6.23 Å². The van der Waals surface area contributed by atoms with Gasteiger partial charge in [-0.15, -0.1) is 0 Å². The van der Waals surface area contributed by atoms with Crippen molar-refractivity contribution in [1.82, 2.24) is 4.90 Å². The van der Waals surface area contributed by atoms with Gasteiger partial charge in [0, 0.05) is 19.7 Å². The van der Waals surface area contributed by atoms with E-state index >= 15 is 0 Å². The molecule has 0 spiro atoms. The second-order valence-corrected chi connectivity index (χ2v) is 3.33. The van der Waals surface area contributed by atoms with Gasteiger partial charge in [-0.2, -0.15) is 0 Å². The second-order valence-electron chi connectivity index (χ2n) is 3.33. The number of hydrogen-bond donors (Lipinski definition) is 2. The number of rotatable bonds is 3. The molecule has 1 aliphatic rings. The maximum atomic E-state index is 9.34. The predicted molar refractivity (Wildman–Crippen MR) is 44.7 cm³/mol. The minimum Gasteiger partial charge on any atom is -0.392 e. The van der Waals surface area contributed by atoms with Crippen LogP contribution in [0.3, 0.4) is 0 Å². The van der Waals surface area contributed by atoms with Crippen molar-refractivity contribution in [3.63, 3.8) is 0 Å². The Morgan fingerprint density at radius 2 is 2.33 bits per heavy atom. The molecule has 12 heavy (non-hydrogen) atoms. The first-order valence-corrected chi connectivity index (χ1v) is 4.26. The maximum absolute atomic E-state index is 9.34. The van der Waals surface area contributed by atoms with Crippen LogP contribution < -0.4 is 0 Å². The van der Waals surface area contributed by atoms with E-state index < -0.39 is 6.23 Å². The van der Waals surface area contributed by atoms with E-state index in [1.807, 2.05) is 4.90 Å². The van der Waals surface area contributed by atoms with E-state index in [2.05, 4.69) is 0 Å². The van der Waals surface area contributed by atoms with Gasteiger partial charge in [-0.3, -0.25) is 4.90 Å². The highest BCUT2D eigenvalue weighted by Crippen LogP contribution is 2.19. The van der Waals surface area contributed by atoms with Gasteiger partial charge in [-0.1, -0.05) is 0 Å². The summed E-state index contributed by atoms with van der Waals surface area (Å²) in [6.45, 7) is 2.83. The van der Waals surface area contributed by atoms with Crippen molar-refractivity contribution in [2.24, 2.45) is 0 Å². The number of methoxy groups -OCH3 is 1. The summed E-state index contributed by atoms with van der Waals surface area (Å²) in [5.74, 6) is 0. The van der Waals surface area contributed by atoms with E-state index in [4.69, 9.17) is 4.74 Å². The number of likely N-dealkylation sites (tertiary alicyclic amines) is 1. The fraction of sp³-hybridized carbons (Fsp3) is 1.00. The molecule has 3 atom stereocenters. The zero-order chi connectivity index (χ0) is 9.14. The van der Waals surface area contributed by atoms with Gasteiger partial charge in [0.15, 0.2) is 0 Å². The topological polar surface area (TPSA) is 52.9 Å².